The molecule has 2 nitrogen and oxygen atoms in total. The maximum absolute atomic E-state index is 4.58. The minimum Gasteiger partial charge on any atom is -0.233 e. The number of para-hydroxylation sites is 1. The van der Waals surface area contributed by atoms with Crippen molar-refractivity contribution in [2.24, 2.45) is 0 Å². The summed E-state index contributed by atoms with van der Waals surface area (Å²) in [5, 5.41) is 4.58. The summed E-state index contributed by atoms with van der Waals surface area (Å²) in [6.45, 7) is 9.02. The third-order valence-corrected chi connectivity index (χ3v) is 4.27. The molecule has 0 aliphatic carbocycles. The number of nitrogens with zero attached hydrogens (tertiary/aromatic N) is 2. The number of aromatic nitrogens is 2. The van der Waals surface area contributed by atoms with Crippen molar-refractivity contribution in [3.05, 3.63) is 71.9 Å². The van der Waals surface area contributed by atoms with Crippen LogP contribution in [0.4, 0.5) is 0 Å². The third-order valence-electron chi connectivity index (χ3n) is 4.27. The first-order valence-corrected chi connectivity index (χ1v) is 8.32. The summed E-state index contributed by atoms with van der Waals surface area (Å²) in [4.78, 5) is 0. The van der Waals surface area contributed by atoms with E-state index in [1.165, 1.54) is 22.4 Å². The molecule has 3 rings (SSSR count). The fourth-order valence-electron chi connectivity index (χ4n) is 3.11. The van der Waals surface area contributed by atoms with Gasteiger partial charge in [-0.2, -0.15) is 5.10 Å². The van der Waals surface area contributed by atoms with E-state index >= 15 is 0 Å². The summed E-state index contributed by atoms with van der Waals surface area (Å²) in [7, 11) is 0. The molecular weight excluding hydrogens is 280 g/mol. The van der Waals surface area contributed by atoms with Crippen molar-refractivity contribution in [1.82, 2.24) is 9.78 Å². The van der Waals surface area contributed by atoms with Crippen LogP contribution in [0.1, 0.15) is 50.7 Å². The molecule has 0 saturated heterocycles. The van der Waals surface area contributed by atoms with Crippen molar-refractivity contribution in [2.75, 3.05) is 0 Å². The number of hydrogen-bond acceptors (Lipinski definition) is 1. The smallest absolute Gasteiger partial charge is 0.0746 e. The summed E-state index contributed by atoms with van der Waals surface area (Å²) >= 11 is 0. The summed E-state index contributed by atoms with van der Waals surface area (Å²) in [5.74, 6) is 0.950. The van der Waals surface area contributed by atoms with E-state index in [1.54, 1.807) is 0 Å². The van der Waals surface area contributed by atoms with E-state index in [1.807, 2.05) is 16.9 Å². The Morgan fingerprint density at radius 1 is 0.739 bits per heavy atom. The van der Waals surface area contributed by atoms with Crippen LogP contribution in [0.15, 0.2) is 60.8 Å². The van der Waals surface area contributed by atoms with E-state index in [0.29, 0.717) is 11.8 Å². The van der Waals surface area contributed by atoms with E-state index < -0.39 is 0 Å². The van der Waals surface area contributed by atoms with Crippen molar-refractivity contribution in [3.8, 4) is 16.9 Å². The van der Waals surface area contributed by atoms with Crippen LogP contribution in [-0.2, 0) is 0 Å². The van der Waals surface area contributed by atoms with Crippen molar-refractivity contribution < 1.29 is 0 Å². The molecule has 0 unspecified atom stereocenters. The molecule has 2 aromatic carbocycles. The normalized spacial score (nSPS) is 11.4. The Morgan fingerprint density at radius 2 is 1.35 bits per heavy atom. The molecule has 23 heavy (non-hydrogen) atoms. The molecule has 0 aliphatic rings. The van der Waals surface area contributed by atoms with Gasteiger partial charge in [-0.1, -0.05) is 64.1 Å². The van der Waals surface area contributed by atoms with Crippen LogP contribution >= 0.6 is 0 Å². The van der Waals surface area contributed by atoms with Gasteiger partial charge in [0.15, 0.2) is 0 Å². The zero-order valence-corrected chi connectivity index (χ0v) is 14.3. The van der Waals surface area contributed by atoms with Gasteiger partial charge in [-0.3, -0.25) is 0 Å². The van der Waals surface area contributed by atoms with Gasteiger partial charge in [0.25, 0.3) is 0 Å². The van der Waals surface area contributed by atoms with Crippen LogP contribution in [-0.4, -0.2) is 9.78 Å². The molecule has 118 valence electrons. The van der Waals surface area contributed by atoms with Gasteiger partial charge >= 0.3 is 0 Å². The third kappa shape index (κ3) is 2.94. The maximum atomic E-state index is 4.58. The molecule has 3 aromatic rings. The lowest BCUT2D eigenvalue weighted by Crippen LogP contribution is -2.05. The van der Waals surface area contributed by atoms with Crippen LogP contribution in [0.3, 0.4) is 0 Å². The molecular formula is C21H24N2. The van der Waals surface area contributed by atoms with E-state index in [4.69, 9.17) is 0 Å². The minimum atomic E-state index is 0.475. The quantitative estimate of drug-likeness (QED) is 0.597. The van der Waals surface area contributed by atoms with Gasteiger partial charge in [0, 0.05) is 5.56 Å². The Hall–Kier alpha value is -2.35. The first-order valence-electron chi connectivity index (χ1n) is 8.32. The zero-order chi connectivity index (χ0) is 16.4. The monoisotopic (exact) mass is 304 g/mol. The molecule has 0 spiro atoms. The molecule has 0 saturated carbocycles. The number of benzene rings is 2. The van der Waals surface area contributed by atoms with Gasteiger partial charge in [0.2, 0.25) is 0 Å². The van der Waals surface area contributed by atoms with Crippen LogP contribution in [0.25, 0.3) is 16.9 Å². The second-order valence-electron chi connectivity index (χ2n) is 6.58. The number of hydrogen-bond donors (Lipinski definition) is 0. The van der Waals surface area contributed by atoms with Crippen molar-refractivity contribution >= 4 is 0 Å². The summed E-state index contributed by atoms with van der Waals surface area (Å²) < 4.78 is 2.05. The molecule has 1 aromatic heterocycles. The Morgan fingerprint density at radius 3 is 1.91 bits per heavy atom. The van der Waals surface area contributed by atoms with Crippen molar-refractivity contribution in [2.45, 2.75) is 39.5 Å². The highest BCUT2D eigenvalue weighted by atomic mass is 15.3. The van der Waals surface area contributed by atoms with Gasteiger partial charge < -0.3 is 0 Å². The SMILES string of the molecule is CC(C)c1cccc(C(C)C)c1-c1ccnn1-c1ccccc1. The van der Waals surface area contributed by atoms with Crippen molar-refractivity contribution in [1.29, 1.82) is 0 Å². The second-order valence-corrected chi connectivity index (χ2v) is 6.58. The lowest BCUT2D eigenvalue weighted by atomic mass is 9.87. The first kappa shape index (κ1) is 15.5. The predicted molar refractivity (Wildman–Crippen MR) is 97.2 cm³/mol. The van der Waals surface area contributed by atoms with Gasteiger partial charge in [-0.25, -0.2) is 4.68 Å². The Labute approximate surface area is 138 Å². The van der Waals surface area contributed by atoms with E-state index in [2.05, 4.69) is 81.3 Å². The van der Waals surface area contributed by atoms with Gasteiger partial charge in [-0.15, -0.1) is 0 Å². The molecule has 0 fully saturated rings. The van der Waals surface area contributed by atoms with Crippen molar-refractivity contribution in [3.63, 3.8) is 0 Å². The van der Waals surface area contributed by atoms with Gasteiger partial charge in [0.1, 0.15) is 0 Å². The number of rotatable bonds is 4. The first-order chi connectivity index (χ1) is 11.1. The van der Waals surface area contributed by atoms with Gasteiger partial charge in [0.05, 0.1) is 17.6 Å². The van der Waals surface area contributed by atoms with E-state index in [0.717, 1.165) is 5.69 Å². The average molecular weight is 304 g/mol. The minimum absolute atomic E-state index is 0.475. The largest absolute Gasteiger partial charge is 0.233 e. The summed E-state index contributed by atoms with van der Waals surface area (Å²) in [6.07, 6.45) is 1.89. The summed E-state index contributed by atoms with van der Waals surface area (Å²) in [6, 6.07) is 19.1. The molecule has 0 amide bonds. The average Bonchev–Trinajstić information content (AvgIpc) is 3.04. The second kappa shape index (κ2) is 6.41. The molecule has 0 bridgehead atoms. The molecule has 0 aliphatic heterocycles. The highest BCUT2D eigenvalue weighted by Crippen LogP contribution is 2.36. The highest BCUT2D eigenvalue weighted by molar-refractivity contribution is 5.71. The van der Waals surface area contributed by atoms with E-state index in [-0.39, 0.29) is 0 Å². The van der Waals surface area contributed by atoms with E-state index in [9.17, 15) is 0 Å². The Balaban J connectivity index is 2.26. The molecule has 2 heteroatoms. The van der Waals surface area contributed by atoms with Crippen LogP contribution < -0.4 is 0 Å². The topological polar surface area (TPSA) is 17.8 Å². The van der Waals surface area contributed by atoms with Gasteiger partial charge in [-0.05, 0) is 41.2 Å². The van der Waals surface area contributed by atoms with Crippen LogP contribution in [0.2, 0.25) is 0 Å². The highest BCUT2D eigenvalue weighted by Gasteiger charge is 2.18. The Bertz CT molecular complexity index is 756. The lowest BCUT2D eigenvalue weighted by molar-refractivity contribution is 0.825. The molecule has 1 heterocycles. The fourth-order valence-corrected chi connectivity index (χ4v) is 3.11. The predicted octanol–water partition coefficient (Wildman–Crippen LogP) is 5.79. The fraction of sp³-hybridized carbons (Fsp3) is 0.286. The lowest BCUT2D eigenvalue weighted by Gasteiger charge is -2.20. The maximum Gasteiger partial charge on any atom is 0.0746 e. The molecule has 0 atom stereocenters. The molecule has 0 radical (unpaired) electrons. The standard InChI is InChI=1S/C21H24N2/c1-15(2)18-11-8-12-19(16(3)4)21(18)20-13-14-22-23(20)17-9-6-5-7-10-17/h5-16H,1-4H3. The Kier molecular flexibility index (Phi) is 4.33. The summed E-state index contributed by atoms with van der Waals surface area (Å²) in [5.41, 5.74) is 6.37. The molecule has 0 N–H and O–H groups in total. The zero-order valence-electron chi connectivity index (χ0n) is 14.3. The van der Waals surface area contributed by atoms with Crippen LogP contribution in [0.5, 0.6) is 0 Å². The van der Waals surface area contributed by atoms with Crippen LogP contribution in [0, 0.1) is 0 Å².